The summed E-state index contributed by atoms with van der Waals surface area (Å²) in [6, 6.07) is 3.52. The number of carboxylic acids is 1. The number of aliphatic carboxylic acids is 1. The highest BCUT2D eigenvalue weighted by Crippen LogP contribution is 2.33. The van der Waals surface area contributed by atoms with Gasteiger partial charge in [0.2, 0.25) is 0 Å². The first-order valence-electron chi connectivity index (χ1n) is 4.80. The van der Waals surface area contributed by atoms with Crippen LogP contribution < -0.4 is 0 Å². The van der Waals surface area contributed by atoms with Gasteiger partial charge in [0.15, 0.2) is 0 Å². The highest BCUT2D eigenvalue weighted by molar-refractivity contribution is 9.09. The van der Waals surface area contributed by atoms with Crippen LogP contribution in [0.5, 0.6) is 0 Å². The topological polar surface area (TPSA) is 57.5 Å². The normalized spacial score (nSPS) is 14.7. The zero-order valence-corrected chi connectivity index (χ0v) is 11.6. The zero-order chi connectivity index (χ0) is 12.1. The highest BCUT2D eigenvalue weighted by Gasteiger charge is 2.19. The second kappa shape index (κ2) is 6.59. The molecule has 1 aromatic heterocycles. The van der Waals surface area contributed by atoms with Gasteiger partial charge in [0.1, 0.15) is 6.10 Å². The molecule has 1 rings (SSSR count). The maximum Gasteiger partial charge on any atom is 0.303 e. The van der Waals surface area contributed by atoms with E-state index in [0.29, 0.717) is 17.2 Å². The SMILES string of the molecule is O=C(O)CCCC(Br)C(O)c1ccc(Cl)s1. The number of aliphatic hydroxyl groups is 1. The van der Waals surface area contributed by atoms with Gasteiger partial charge in [-0.3, -0.25) is 4.79 Å². The third-order valence-corrected chi connectivity index (χ3v) is 4.36. The third kappa shape index (κ3) is 4.41. The monoisotopic (exact) mass is 326 g/mol. The van der Waals surface area contributed by atoms with E-state index in [-0.39, 0.29) is 11.2 Å². The summed E-state index contributed by atoms with van der Waals surface area (Å²) in [5.41, 5.74) is 0. The molecule has 0 radical (unpaired) electrons. The summed E-state index contributed by atoms with van der Waals surface area (Å²) in [6.07, 6.45) is 0.649. The van der Waals surface area contributed by atoms with Crippen LogP contribution >= 0.6 is 38.9 Å². The summed E-state index contributed by atoms with van der Waals surface area (Å²) in [7, 11) is 0. The Hall–Kier alpha value is -0.100. The van der Waals surface area contributed by atoms with Crippen molar-refractivity contribution in [2.24, 2.45) is 0 Å². The average Bonchev–Trinajstić information content (AvgIpc) is 2.63. The molecule has 0 amide bonds. The van der Waals surface area contributed by atoms with E-state index in [9.17, 15) is 9.90 Å². The number of hydrogen-bond acceptors (Lipinski definition) is 3. The molecule has 16 heavy (non-hydrogen) atoms. The third-order valence-electron chi connectivity index (χ3n) is 2.10. The Morgan fingerprint density at radius 2 is 2.25 bits per heavy atom. The number of rotatable bonds is 6. The molecule has 0 aromatic carbocycles. The molecule has 0 bridgehead atoms. The Kier molecular flexibility index (Phi) is 5.75. The van der Waals surface area contributed by atoms with Crippen LogP contribution in [0.4, 0.5) is 0 Å². The molecule has 0 aliphatic rings. The lowest BCUT2D eigenvalue weighted by atomic mass is 10.1. The van der Waals surface area contributed by atoms with Crippen molar-refractivity contribution in [1.29, 1.82) is 0 Å². The summed E-state index contributed by atoms with van der Waals surface area (Å²) in [5, 5.41) is 18.4. The van der Waals surface area contributed by atoms with Crippen molar-refractivity contribution in [1.82, 2.24) is 0 Å². The molecule has 1 aromatic rings. The molecule has 1 heterocycles. The van der Waals surface area contributed by atoms with Crippen LogP contribution in [0.3, 0.4) is 0 Å². The first kappa shape index (κ1) is 14.0. The van der Waals surface area contributed by atoms with Gasteiger partial charge in [0.05, 0.1) is 4.34 Å². The van der Waals surface area contributed by atoms with Gasteiger partial charge in [0.25, 0.3) is 0 Å². The summed E-state index contributed by atoms with van der Waals surface area (Å²) < 4.78 is 0.638. The van der Waals surface area contributed by atoms with Gasteiger partial charge in [-0.25, -0.2) is 0 Å². The highest BCUT2D eigenvalue weighted by atomic mass is 79.9. The molecule has 90 valence electrons. The van der Waals surface area contributed by atoms with Crippen LogP contribution in [0.2, 0.25) is 4.34 Å². The number of halogens is 2. The zero-order valence-electron chi connectivity index (χ0n) is 8.40. The molecule has 0 aliphatic carbocycles. The van der Waals surface area contributed by atoms with Gasteiger partial charge in [-0.2, -0.15) is 0 Å². The molecule has 6 heteroatoms. The van der Waals surface area contributed by atoms with Crippen LogP contribution in [0.1, 0.15) is 30.2 Å². The van der Waals surface area contributed by atoms with Crippen molar-refractivity contribution < 1.29 is 15.0 Å². The van der Waals surface area contributed by atoms with Crippen molar-refractivity contribution in [3.05, 3.63) is 21.3 Å². The first-order chi connectivity index (χ1) is 7.50. The minimum atomic E-state index is -0.812. The maximum atomic E-state index is 10.3. The minimum Gasteiger partial charge on any atom is -0.481 e. The Morgan fingerprint density at radius 1 is 1.56 bits per heavy atom. The van der Waals surface area contributed by atoms with Crippen molar-refractivity contribution in [3.8, 4) is 0 Å². The Labute approximate surface area is 111 Å². The van der Waals surface area contributed by atoms with Gasteiger partial charge in [-0.15, -0.1) is 11.3 Å². The fourth-order valence-electron chi connectivity index (χ4n) is 1.27. The summed E-state index contributed by atoms with van der Waals surface area (Å²) in [6.45, 7) is 0. The van der Waals surface area contributed by atoms with E-state index < -0.39 is 12.1 Å². The van der Waals surface area contributed by atoms with Crippen LogP contribution in [-0.2, 0) is 4.79 Å². The maximum absolute atomic E-state index is 10.3. The number of aliphatic hydroxyl groups excluding tert-OH is 1. The molecule has 0 spiro atoms. The molecule has 0 saturated heterocycles. The Bertz CT molecular complexity index is 356. The molecule has 0 fully saturated rings. The van der Waals surface area contributed by atoms with Gasteiger partial charge in [-0.1, -0.05) is 27.5 Å². The minimum absolute atomic E-state index is 0.125. The van der Waals surface area contributed by atoms with Crippen LogP contribution in [0, 0.1) is 0 Å². The van der Waals surface area contributed by atoms with E-state index in [1.54, 1.807) is 12.1 Å². The molecule has 2 unspecified atom stereocenters. The quantitative estimate of drug-likeness (QED) is 0.787. The first-order valence-corrected chi connectivity index (χ1v) is 6.91. The van der Waals surface area contributed by atoms with Crippen molar-refractivity contribution in [2.45, 2.75) is 30.2 Å². The summed E-state index contributed by atoms with van der Waals surface area (Å²) >= 11 is 10.5. The van der Waals surface area contributed by atoms with Crippen LogP contribution in [-0.4, -0.2) is 21.0 Å². The molecule has 0 saturated carbocycles. The Balaban J connectivity index is 2.41. The van der Waals surface area contributed by atoms with E-state index in [2.05, 4.69) is 15.9 Å². The van der Waals surface area contributed by atoms with Crippen molar-refractivity contribution in [3.63, 3.8) is 0 Å². The van der Waals surface area contributed by atoms with E-state index in [0.717, 1.165) is 4.88 Å². The molecular formula is C10H12BrClO3S. The van der Waals surface area contributed by atoms with E-state index >= 15 is 0 Å². The average molecular weight is 328 g/mol. The van der Waals surface area contributed by atoms with Crippen molar-refractivity contribution >= 4 is 44.8 Å². The summed E-state index contributed by atoms with van der Waals surface area (Å²) in [5.74, 6) is -0.812. The number of alkyl halides is 1. The van der Waals surface area contributed by atoms with E-state index in [1.807, 2.05) is 0 Å². The molecule has 3 nitrogen and oxygen atoms in total. The van der Waals surface area contributed by atoms with Crippen LogP contribution in [0.25, 0.3) is 0 Å². The second-order valence-corrected chi connectivity index (χ2v) is 6.31. The second-order valence-electron chi connectivity index (χ2n) is 3.39. The standard InChI is InChI=1S/C10H12BrClO3S/c11-6(2-1-3-9(13)14)10(15)7-4-5-8(12)16-7/h4-6,10,15H,1-3H2,(H,13,14). The lowest BCUT2D eigenvalue weighted by molar-refractivity contribution is -0.137. The number of carboxylic acid groups (broad SMARTS) is 1. The lowest BCUT2D eigenvalue weighted by Gasteiger charge is -2.15. The van der Waals surface area contributed by atoms with Gasteiger partial charge >= 0.3 is 5.97 Å². The molecule has 2 atom stereocenters. The number of carbonyl (C=O) groups is 1. The molecule has 2 N–H and O–H groups in total. The van der Waals surface area contributed by atoms with E-state index in [1.165, 1.54) is 11.3 Å². The van der Waals surface area contributed by atoms with Gasteiger partial charge in [-0.05, 0) is 25.0 Å². The fraction of sp³-hybridized carbons (Fsp3) is 0.500. The van der Waals surface area contributed by atoms with Gasteiger partial charge < -0.3 is 10.2 Å². The fourth-order valence-corrected chi connectivity index (χ4v) is 3.17. The Morgan fingerprint density at radius 3 is 2.75 bits per heavy atom. The van der Waals surface area contributed by atoms with Crippen molar-refractivity contribution in [2.75, 3.05) is 0 Å². The number of hydrogen-bond donors (Lipinski definition) is 2. The number of thiophene rings is 1. The lowest BCUT2D eigenvalue weighted by Crippen LogP contribution is -2.11. The largest absolute Gasteiger partial charge is 0.481 e. The van der Waals surface area contributed by atoms with Gasteiger partial charge in [0, 0.05) is 16.1 Å². The predicted octanol–water partition coefficient (Wildman–Crippen LogP) is 3.45. The predicted molar refractivity (Wildman–Crippen MR) is 68.5 cm³/mol. The van der Waals surface area contributed by atoms with Crippen LogP contribution in [0.15, 0.2) is 12.1 Å². The summed E-state index contributed by atoms with van der Waals surface area (Å²) in [4.78, 5) is 11.0. The molecular weight excluding hydrogens is 316 g/mol. The molecule has 0 aliphatic heterocycles. The smallest absolute Gasteiger partial charge is 0.303 e. The van der Waals surface area contributed by atoms with E-state index in [4.69, 9.17) is 16.7 Å².